The maximum Gasteiger partial charge on any atom is 0.316 e. The van der Waals surface area contributed by atoms with Gasteiger partial charge in [0.1, 0.15) is 0 Å². The number of nitrogens with zero attached hydrogens (tertiary/aromatic N) is 2. The summed E-state index contributed by atoms with van der Waals surface area (Å²) in [6.45, 7) is 4.64. The average molecular weight is 330 g/mol. The number of ether oxygens (including phenoxy) is 2. The smallest absolute Gasteiger partial charge is 0.316 e. The van der Waals surface area contributed by atoms with E-state index in [1.165, 1.54) is 12.4 Å². The summed E-state index contributed by atoms with van der Waals surface area (Å²) in [5.41, 5.74) is 0.413. The Bertz CT molecular complexity index is 706. The fourth-order valence-corrected chi connectivity index (χ4v) is 1.84. The molecule has 1 aromatic carbocycles. The topological polar surface area (TPSA) is 102 Å². The van der Waals surface area contributed by atoms with Gasteiger partial charge < -0.3 is 14.8 Å². The molecule has 1 heterocycles. The van der Waals surface area contributed by atoms with E-state index in [-0.39, 0.29) is 5.95 Å². The van der Waals surface area contributed by atoms with Crippen LogP contribution in [0.4, 0.5) is 11.6 Å². The molecule has 8 nitrogen and oxygen atoms in total. The van der Waals surface area contributed by atoms with E-state index in [0.717, 1.165) is 0 Å². The van der Waals surface area contributed by atoms with E-state index in [4.69, 9.17) is 9.47 Å². The van der Waals surface area contributed by atoms with Gasteiger partial charge >= 0.3 is 11.8 Å². The van der Waals surface area contributed by atoms with Gasteiger partial charge in [-0.15, -0.1) is 0 Å². The van der Waals surface area contributed by atoms with Gasteiger partial charge in [0, 0.05) is 24.1 Å². The van der Waals surface area contributed by atoms with Gasteiger partial charge in [-0.1, -0.05) is 0 Å². The minimum Gasteiger partial charge on any atom is -0.490 e. The summed E-state index contributed by atoms with van der Waals surface area (Å²) in [6.07, 6.45) is 2.92. The molecule has 0 radical (unpaired) electrons. The highest BCUT2D eigenvalue weighted by Gasteiger charge is 2.16. The summed E-state index contributed by atoms with van der Waals surface area (Å²) in [7, 11) is 0. The molecule has 0 aliphatic carbocycles. The molecule has 0 aliphatic heterocycles. The van der Waals surface area contributed by atoms with Crippen LogP contribution in [0, 0.1) is 0 Å². The second-order valence-electron chi connectivity index (χ2n) is 4.51. The number of hydrogen-bond donors (Lipinski definition) is 2. The number of aromatic nitrogens is 2. The molecule has 0 bridgehead atoms. The van der Waals surface area contributed by atoms with Crippen molar-refractivity contribution in [3.63, 3.8) is 0 Å². The Kier molecular flexibility index (Phi) is 6.07. The van der Waals surface area contributed by atoms with Gasteiger partial charge in [-0.05, 0) is 32.0 Å². The number of carbonyl (C=O) groups is 2. The molecule has 0 saturated carbocycles. The second kappa shape index (κ2) is 8.47. The molecule has 0 aliphatic rings. The molecule has 0 saturated heterocycles. The molecule has 2 rings (SSSR count). The number of anilines is 2. The lowest BCUT2D eigenvalue weighted by atomic mass is 10.2. The molecule has 2 aromatic rings. The molecule has 8 heteroatoms. The van der Waals surface area contributed by atoms with Crippen molar-refractivity contribution in [1.29, 1.82) is 0 Å². The third kappa shape index (κ3) is 4.67. The van der Waals surface area contributed by atoms with Crippen molar-refractivity contribution in [1.82, 2.24) is 9.97 Å². The van der Waals surface area contributed by atoms with Crippen LogP contribution in [0.3, 0.4) is 0 Å². The van der Waals surface area contributed by atoms with Gasteiger partial charge in [-0.25, -0.2) is 9.97 Å². The molecule has 2 amide bonds. The summed E-state index contributed by atoms with van der Waals surface area (Å²) in [6, 6.07) is 6.49. The van der Waals surface area contributed by atoms with Crippen LogP contribution in [0.1, 0.15) is 13.8 Å². The van der Waals surface area contributed by atoms with Gasteiger partial charge in [0.25, 0.3) is 0 Å². The van der Waals surface area contributed by atoms with E-state index in [2.05, 4.69) is 20.6 Å². The number of nitrogens with one attached hydrogen (secondary N) is 2. The molecule has 0 spiro atoms. The van der Waals surface area contributed by atoms with Crippen LogP contribution in [0.15, 0.2) is 36.7 Å². The summed E-state index contributed by atoms with van der Waals surface area (Å²) in [4.78, 5) is 31.4. The molecular formula is C16H18N4O4. The molecule has 2 N–H and O–H groups in total. The monoisotopic (exact) mass is 330 g/mol. The summed E-state index contributed by atoms with van der Waals surface area (Å²) in [5.74, 6) is -0.593. The van der Waals surface area contributed by atoms with E-state index < -0.39 is 11.8 Å². The Labute approximate surface area is 139 Å². The van der Waals surface area contributed by atoms with Gasteiger partial charge in [-0.3, -0.25) is 14.9 Å². The largest absolute Gasteiger partial charge is 0.490 e. The van der Waals surface area contributed by atoms with Crippen LogP contribution in [0.25, 0.3) is 0 Å². The van der Waals surface area contributed by atoms with Crippen LogP contribution in [0.5, 0.6) is 11.5 Å². The fraction of sp³-hybridized carbons (Fsp3) is 0.250. The van der Waals surface area contributed by atoms with Gasteiger partial charge in [0.2, 0.25) is 5.95 Å². The van der Waals surface area contributed by atoms with E-state index >= 15 is 0 Å². The quantitative estimate of drug-likeness (QED) is 0.784. The van der Waals surface area contributed by atoms with E-state index in [1.807, 2.05) is 13.8 Å². The molecule has 126 valence electrons. The minimum atomic E-state index is -0.868. The van der Waals surface area contributed by atoms with Crippen molar-refractivity contribution in [2.45, 2.75) is 13.8 Å². The van der Waals surface area contributed by atoms with E-state index in [9.17, 15) is 9.59 Å². The van der Waals surface area contributed by atoms with Gasteiger partial charge in [0.15, 0.2) is 11.5 Å². The normalized spacial score (nSPS) is 9.92. The SMILES string of the molecule is CCOc1ccc(NC(=O)C(=O)Nc2ncccn2)cc1OCC. The first kappa shape index (κ1) is 17.2. The maximum absolute atomic E-state index is 11.9. The van der Waals surface area contributed by atoms with Crippen molar-refractivity contribution in [2.24, 2.45) is 0 Å². The van der Waals surface area contributed by atoms with Crippen molar-refractivity contribution >= 4 is 23.5 Å². The van der Waals surface area contributed by atoms with Crippen molar-refractivity contribution in [3.8, 4) is 11.5 Å². The molecule has 0 atom stereocenters. The lowest BCUT2D eigenvalue weighted by Crippen LogP contribution is -2.29. The first-order valence-corrected chi connectivity index (χ1v) is 7.43. The number of rotatable bonds is 6. The van der Waals surface area contributed by atoms with Crippen molar-refractivity contribution in [3.05, 3.63) is 36.7 Å². The van der Waals surface area contributed by atoms with Crippen LogP contribution in [-0.4, -0.2) is 35.0 Å². The molecule has 1 aromatic heterocycles. The maximum atomic E-state index is 11.9. The second-order valence-corrected chi connectivity index (χ2v) is 4.51. The predicted octanol–water partition coefficient (Wildman–Crippen LogP) is 1.85. The number of carbonyl (C=O) groups excluding carboxylic acids is 2. The third-order valence-corrected chi connectivity index (χ3v) is 2.80. The molecule has 0 unspecified atom stereocenters. The van der Waals surface area contributed by atoms with Crippen molar-refractivity contribution in [2.75, 3.05) is 23.8 Å². The first-order valence-electron chi connectivity index (χ1n) is 7.43. The van der Waals surface area contributed by atoms with Crippen LogP contribution < -0.4 is 20.1 Å². The molecular weight excluding hydrogens is 312 g/mol. The van der Waals surface area contributed by atoms with Gasteiger partial charge in [-0.2, -0.15) is 0 Å². The highest BCUT2D eigenvalue weighted by atomic mass is 16.5. The Morgan fingerprint density at radius 3 is 2.25 bits per heavy atom. The predicted molar refractivity (Wildman–Crippen MR) is 88.1 cm³/mol. The Morgan fingerprint density at radius 2 is 1.58 bits per heavy atom. The summed E-state index contributed by atoms with van der Waals surface area (Å²) in [5, 5.41) is 4.79. The first-order chi connectivity index (χ1) is 11.6. The highest BCUT2D eigenvalue weighted by Crippen LogP contribution is 2.30. The molecule has 0 fully saturated rings. The zero-order valence-corrected chi connectivity index (χ0v) is 13.4. The Balaban J connectivity index is 2.05. The summed E-state index contributed by atoms with van der Waals surface area (Å²) < 4.78 is 10.9. The van der Waals surface area contributed by atoms with Gasteiger partial charge in [0.05, 0.1) is 13.2 Å². The standard InChI is InChI=1S/C16H18N4O4/c1-3-23-12-7-6-11(10-13(12)24-4-2)19-14(21)15(22)20-16-17-8-5-9-18-16/h5-10H,3-4H2,1-2H3,(H,19,21)(H,17,18,20,22). The highest BCUT2D eigenvalue weighted by molar-refractivity contribution is 6.43. The lowest BCUT2D eigenvalue weighted by Gasteiger charge is -2.12. The zero-order chi connectivity index (χ0) is 17.4. The molecule has 24 heavy (non-hydrogen) atoms. The lowest BCUT2D eigenvalue weighted by molar-refractivity contribution is -0.133. The van der Waals surface area contributed by atoms with Crippen LogP contribution in [0.2, 0.25) is 0 Å². The van der Waals surface area contributed by atoms with Crippen LogP contribution in [-0.2, 0) is 9.59 Å². The average Bonchev–Trinajstić information content (AvgIpc) is 2.58. The Hall–Kier alpha value is -3.16. The van der Waals surface area contributed by atoms with Crippen LogP contribution >= 0.6 is 0 Å². The van der Waals surface area contributed by atoms with Crippen molar-refractivity contribution < 1.29 is 19.1 Å². The zero-order valence-electron chi connectivity index (χ0n) is 13.4. The fourth-order valence-electron chi connectivity index (χ4n) is 1.84. The third-order valence-electron chi connectivity index (χ3n) is 2.80. The van der Waals surface area contributed by atoms with E-state index in [0.29, 0.717) is 30.4 Å². The van der Waals surface area contributed by atoms with E-state index in [1.54, 1.807) is 24.3 Å². The minimum absolute atomic E-state index is 0.0550. The number of amides is 2. The Morgan fingerprint density at radius 1 is 0.958 bits per heavy atom. The summed E-state index contributed by atoms with van der Waals surface area (Å²) >= 11 is 0. The number of benzene rings is 1. The number of hydrogen-bond acceptors (Lipinski definition) is 6.